The largest absolute Gasteiger partial charge is 0.316 e. The van der Waals surface area contributed by atoms with Crippen molar-refractivity contribution in [2.45, 2.75) is 19.3 Å². The molecule has 0 bridgehead atoms. The molecule has 1 nitrogen and oxygen atoms in total. The Morgan fingerprint density at radius 1 is 1.10 bits per heavy atom. The highest BCUT2D eigenvalue weighted by Gasteiger charge is 2.17. The van der Waals surface area contributed by atoms with Gasteiger partial charge in [0.25, 0.3) is 0 Å². The van der Waals surface area contributed by atoms with Crippen LogP contribution < -0.4 is 5.32 Å². The van der Waals surface area contributed by atoms with E-state index in [2.05, 4.69) is 12.2 Å². The minimum absolute atomic E-state index is 0.0696. The number of halogens is 2. The minimum atomic E-state index is -0.509. The van der Waals surface area contributed by atoms with Crippen LogP contribution >= 0.6 is 0 Å². The first-order chi connectivity index (χ1) is 9.66. The first-order valence-corrected chi connectivity index (χ1v) is 6.94. The van der Waals surface area contributed by atoms with E-state index in [9.17, 15) is 8.78 Å². The topological polar surface area (TPSA) is 12.0 Å². The lowest BCUT2D eigenvalue weighted by molar-refractivity contribution is 0.589. The molecule has 0 aromatic heterocycles. The Bertz CT molecular complexity index is 617. The van der Waals surface area contributed by atoms with E-state index in [-0.39, 0.29) is 5.56 Å². The summed E-state index contributed by atoms with van der Waals surface area (Å²) in [6.45, 7) is 4.02. The molecule has 2 aromatic carbocycles. The number of hydrogen-bond donors (Lipinski definition) is 1. The number of nitrogens with one attached hydrogen (secondary N) is 1. The van der Waals surface area contributed by atoms with Gasteiger partial charge in [-0.15, -0.1) is 0 Å². The van der Waals surface area contributed by atoms with Crippen LogP contribution in [0.5, 0.6) is 0 Å². The summed E-state index contributed by atoms with van der Waals surface area (Å²) in [5.41, 5.74) is 3.15. The van der Waals surface area contributed by atoms with Crippen LogP contribution in [-0.4, -0.2) is 13.1 Å². The second-order valence-electron chi connectivity index (χ2n) is 5.37. The molecule has 1 aliphatic heterocycles. The van der Waals surface area contributed by atoms with Crippen LogP contribution in [0.2, 0.25) is 0 Å². The summed E-state index contributed by atoms with van der Waals surface area (Å²) in [5.74, 6) is -0.596. The summed E-state index contributed by atoms with van der Waals surface area (Å²) in [5, 5.41) is 3.38. The SMILES string of the molecule is C[C@H]1CNCCc2cc(-c3c(F)cccc3F)ccc21. The smallest absolute Gasteiger partial charge is 0.133 e. The third-order valence-electron chi connectivity index (χ3n) is 3.95. The van der Waals surface area contributed by atoms with Gasteiger partial charge >= 0.3 is 0 Å². The molecule has 0 aliphatic carbocycles. The Morgan fingerprint density at radius 2 is 1.85 bits per heavy atom. The Morgan fingerprint density at radius 3 is 2.60 bits per heavy atom. The molecule has 20 heavy (non-hydrogen) atoms. The average molecular weight is 273 g/mol. The quantitative estimate of drug-likeness (QED) is 0.831. The van der Waals surface area contributed by atoms with Gasteiger partial charge in [-0.3, -0.25) is 0 Å². The molecular weight excluding hydrogens is 256 g/mol. The molecule has 0 fully saturated rings. The maximum Gasteiger partial charge on any atom is 0.133 e. The second-order valence-corrected chi connectivity index (χ2v) is 5.37. The standard InChI is InChI=1S/C17H17F2N/c1-11-10-20-8-7-12-9-13(5-6-14(11)12)17-15(18)3-2-4-16(17)19/h2-6,9,11,20H,7-8,10H2,1H3/t11-/m0/s1. The lowest BCUT2D eigenvalue weighted by Gasteiger charge is -2.14. The summed E-state index contributed by atoms with van der Waals surface area (Å²) in [7, 11) is 0. The van der Waals surface area contributed by atoms with Gasteiger partial charge < -0.3 is 5.32 Å². The van der Waals surface area contributed by atoms with E-state index < -0.39 is 11.6 Å². The van der Waals surface area contributed by atoms with Crippen LogP contribution in [0.25, 0.3) is 11.1 Å². The lowest BCUT2D eigenvalue weighted by atomic mass is 9.91. The van der Waals surface area contributed by atoms with Gasteiger partial charge in [0.1, 0.15) is 11.6 Å². The van der Waals surface area contributed by atoms with Crippen molar-refractivity contribution < 1.29 is 8.78 Å². The highest BCUT2D eigenvalue weighted by molar-refractivity contribution is 5.66. The van der Waals surface area contributed by atoms with Crippen molar-refractivity contribution in [1.82, 2.24) is 5.32 Å². The molecule has 0 amide bonds. The molecule has 1 aliphatic rings. The lowest BCUT2D eigenvalue weighted by Crippen LogP contribution is -2.18. The van der Waals surface area contributed by atoms with Gasteiger partial charge in [0, 0.05) is 6.54 Å². The van der Waals surface area contributed by atoms with Crippen molar-refractivity contribution in [1.29, 1.82) is 0 Å². The van der Waals surface area contributed by atoms with Crippen molar-refractivity contribution in [3.05, 3.63) is 59.2 Å². The third-order valence-corrected chi connectivity index (χ3v) is 3.95. The van der Waals surface area contributed by atoms with Crippen LogP contribution in [0.4, 0.5) is 8.78 Å². The van der Waals surface area contributed by atoms with Gasteiger partial charge in [-0.25, -0.2) is 8.78 Å². The minimum Gasteiger partial charge on any atom is -0.316 e. The zero-order valence-electron chi connectivity index (χ0n) is 11.4. The van der Waals surface area contributed by atoms with E-state index in [0.29, 0.717) is 11.5 Å². The summed E-state index contributed by atoms with van der Waals surface area (Å²) >= 11 is 0. The predicted octanol–water partition coefficient (Wildman–Crippen LogP) is 3.88. The monoisotopic (exact) mass is 273 g/mol. The normalized spacial score (nSPS) is 18.4. The third kappa shape index (κ3) is 2.34. The molecule has 2 aromatic rings. The number of benzene rings is 2. The zero-order chi connectivity index (χ0) is 14.1. The van der Waals surface area contributed by atoms with Crippen molar-refractivity contribution in [3.8, 4) is 11.1 Å². The van der Waals surface area contributed by atoms with E-state index in [1.54, 1.807) is 0 Å². The van der Waals surface area contributed by atoms with E-state index in [0.717, 1.165) is 19.5 Å². The van der Waals surface area contributed by atoms with Crippen LogP contribution in [0.1, 0.15) is 24.0 Å². The molecule has 1 atom stereocenters. The first-order valence-electron chi connectivity index (χ1n) is 6.94. The van der Waals surface area contributed by atoms with E-state index in [1.807, 2.05) is 18.2 Å². The second kappa shape index (κ2) is 5.33. The predicted molar refractivity (Wildman–Crippen MR) is 76.8 cm³/mol. The summed E-state index contributed by atoms with van der Waals surface area (Å²) < 4.78 is 27.7. The van der Waals surface area contributed by atoms with Gasteiger partial charge in [-0.1, -0.05) is 31.2 Å². The number of hydrogen-bond acceptors (Lipinski definition) is 1. The van der Waals surface area contributed by atoms with Gasteiger partial charge in [0.15, 0.2) is 0 Å². The maximum absolute atomic E-state index is 13.9. The number of fused-ring (bicyclic) bond motifs is 1. The summed E-state index contributed by atoms with van der Waals surface area (Å²) in [6.07, 6.45) is 0.892. The highest BCUT2D eigenvalue weighted by atomic mass is 19.1. The fraction of sp³-hybridized carbons (Fsp3) is 0.294. The van der Waals surface area contributed by atoms with E-state index >= 15 is 0 Å². The van der Waals surface area contributed by atoms with Gasteiger partial charge in [-0.2, -0.15) is 0 Å². The molecule has 3 heteroatoms. The van der Waals surface area contributed by atoms with Crippen LogP contribution in [-0.2, 0) is 6.42 Å². The summed E-state index contributed by atoms with van der Waals surface area (Å²) in [4.78, 5) is 0. The van der Waals surface area contributed by atoms with Crippen LogP contribution in [0.3, 0.4) is 0 Å². The number of rotatable bonds is 1. The Balaban J connectivity index is 2.11. The first kappa shape index (κ1) is 13.3. The average Bonchev–Trinajstić information content (AvgIpc) is 2.61. The molecule has 1 heterocycles. The molecular formula is C17H17F2N. The van der Waals surface area contributed by atoms with Gasteiger partial charge in [0.05, 0.1) is 5.56 Å². The fourth-order valence-corrected chi connectivity index (χ4v) is 2.88. The Labute approximate surface area is 117 Å². The van der Waals surface area contributed by atoms with Crippen LogP contribution in [0.15, 0.2) is 36.4 Å². The van der Waals surface area contributed by atoms with Gasteiger partial charge in [0.2, 0.25) is 0 Å². The molecule has 1 N–H and O–H groups in total. The molecule has 0 saturated heterocycles. The van der Waals surface area contributed by atoms with Crippen molar-refractivity contribution in [2.75, 3.05) is 13.1 Å². The van der Waals surface area contributed by atoms with Crippen molar-refractivity contribution in [3.63, 3.8) is 0 Å². The van der Waals surface area contributed by atoms with E-state index in [4.69, 9.17) is 0 Å². The van der Waals surface area contributed by atoms with Crippen molar-refractivity contribution >= 4 is 0 Å². The fourth-order valence-electron chi connectivity index (χ4n) is 2.88. The van der Waals surface area contributed by atoms with Crippen LogP contribution in [0, 0.1) is 11.6 Å². The molecule has 3 rings (SSSR count). The molecule has 104 valence electrons. The Hall–Kier alpha value is -1.74. The van der Waals surface area contributed by atoms with Crippen molar-refractivity contribution in [2.24, 2.45) is 0 Å². The molecule has 0 radical (unpaired) electrons. The Kier molecular flexibility index (Phi) is 3.53. The molecule has 0 unspecified atom stereocenters. The molecule has 0 saturated carbocycles. The maximum atomic E-state index is 13.9. The summed E-state index contributed by atoms with van der Waals surface area (Å²) in [6, 6.07) is 9.75. The zero-order valence-corrected chi connectivity index (χ0v) is 11.4. The molecule has 0 spiro atoms. The highest BCUT2D eigenvalue weighted by Crippen LogP contribution is 2.31. The van der Waals surface area contributed by atoms with Gasteiger partial charge in [-0.05, 0) is 47.7 Å². The van der Waals surface area contributed by atoms with E-state index in [1.165, 1.54) is 29.3 Å².